The van der Waals surface area contributed by atoms with Crippen LogP contribution in [0.15, 0.2) is 75.3 Å². The van der Waals surface area contributed by atoms with Crippen LogP contribution in [0.2, 0.25) is 0 Å². The minimum Gasteiger partial charge on any atom is -0.455 e. The number of nitrogens with zero attached hydrogens (tertiary/aromatic N) is 1. The summed E-state index contributed by atoms with van der Waals surface area (Å²) in [4.78, 5) is 29.9. The van der Waals surface area contributed by atoms with Crippen molar-refractivity contribution in [2.45, 2.75) is 32.4 Å². The van der Waals surface area contributed by atoms with E-state index in [0.717, 1.165) is 29.9 Å². The van der Waals surface area contributed by atoms with Crippen LogP contribution in [0.25, 0.3) is 22.3 Å². The Hall–Kier alpha value is -3.22. The quantitative estimate of drug-likeness (QED) is 0.374. The Kier molecular flexibility index (Phi) is 6.11. The predicted octanol–water partition coefficient (Wildman–Crippen LogP) is 5.65. The topological polar surface area (TPSA) is 59.8 Å². The molecule has 1 saturated heterocycles. The van der Waals surface area contributed by atoms with Gasteiger partial charge in [0.1, 0.15) is 5.76 Å². The minimum absolute atomic E-state index is 0.0259. The third-order valence-corrected chi connectivity index (χ3v) is 6.93. The Labute approximate surface area is 196 Å². The smallest absolute Gasteiger partial charge is 0.258 e. The number of para-hydroxylation sites is 1. The minimum atomic E-state index is -0.157. The number of carbonyl (C=O) groups is 1. The van der Waals surface area contributed by atoms with Gasteiger partial charge < -0.3 is 14.1 Å². The van der Waals surface area contributed by atoms with Gasteiger partial charge in [-0.3, -0.25) is 9.59 Å². The molecular formula is C27H25NO4S. The lowest BCUT2D eigenvalue weighted by Gasteiger charge is -2.25. The third-order valence-electron chi connectivity index (χ3n) is 6.07. The monoisotopic (exact) mass is 459 g/mol. The summed E-state index contributed by atoms with van der Waals surface area (Å²) < 4.78 is 12.1. The van der Waals surface area contributed by atoms with Crippen molar-refractivity contribution in [2.24, 2.45) is 0 Å². The lowest BCUT2D eigenvalue weighted by Crippen LogP contribution is -2.37. The molecule has 1 fully saturated rings. The van der Waals surface area contributed by atoms with E-state index >= 15 is 0 Å². The van der Waals surface area contributed by atoms with Crippen molar-refractivity contribution in [3.63, 3.8) is 0 Å². The zero-order valence-corrected chi connectivity index (χ0v) is 19.3. The Balaban J connectivity index is 1.60. The van der Waals surface area contributed by atoms with E-state index in [-0.39, 0.29) is 17.4 Å². The summed E-state index contributed by atoms with van der Waals surface area (Å²) in [6.45, 7) is 3.50. The first-order chi connectivity index (χ1) is 16.1. The number of hydrogen-bond acceptors (Lipinski definition) is 5. The maximum Gasteiger partial charge on any atom is 0.258 e. The van der Waals surface area contributed by atoms with Crippen LogP contribution < -0.4 is 5.43 Å². The summed E-state index contributed by atoms with van der Waals surface area (Å²) in [5.74, 6) is 0.341. The van der Waals surface area contributed by atoms with Crippen LogP contribution in [-0.4, -0.2) is 30.1 Å². The van der Waals surface area contributed by atoms with Crippen LogP contribution >= 0.6 is 11.3 Å². The second kappa shape index (κ2) is 9.33. The van der Waals surface area contributed by atoms with Gasteiger partial charge in [0.25, 0.3) is 5.91 Å². The molecule has 168 valence electrons. The first-order valence-electron chi connectivity index (χ1n) is 11.2. The van der Waals surface area contributed by atoms with Crippen molar-refractivity contribution in [1.82, 2.24) is 4.90 Å². The van der Waals surface area contributed by atoms with Gasteiger partial charge in [0, 0.05) is 29.2 Å². The number of fused-ring (bicyclic) bond motifs is 1. The molecule has 2 aromatic heterocycles. The maximum absolute atomic E-state index is 13.8. The molecule has 4 aromatic rings. The van der Waals surface area contributed by atoms with E-state index in [1.807, 2.05) is 52.7 Å². The normalized spacial score (nSPS) is 15.7. The number of benzene rings is 2. The molecule has 1 amide bonds. The van der Waals surface area contributed by atoms with Gasteiger partial charge in [0.05, 0.1) is 23.6 Å². The number of carbonyl (C=O) groups excluding carboxylic acids is 1. The fraction of sp³-hybridized carbons (Fsp3) is 0.259. The van der Waals surface area contributed by atoms with Crippen molar-refractivity contribution in [2.75, 3.05) is 13.2 Å². The molecule has 0 saturated carbocycles. The molecule has 6 heteroatoms. The molecule has 1 atom stereocenters. The van der Waals surface area contributed by atoms with Gasteiger partial charge in [-0.2, -0.15) is 0 Å². The van der Waals surface area contributed by atoms with E-state index in [1.54, 1.807) is 36.5 Å². The highest BCUT2D eigenvalue weighted by Gasteiger charge is 2.26. The van der Waals surface area contributed by atoms with Crippen LogP contribution in [-0.2, 0) is 11.3 Å². The van der Waals surface area contributed by atoms with Crippen LogP contribution in [0.1, 0.15) is 33.6 Å². The molecule has 2 aromatic carbocycles. The highest BCUT2D eigenvalue weighted by atomic mass is 32.1. The Morgan fingerprint density at radius 2 is 1.94 bits per heavy atom. The van der Waals surface area contributed by atoms with Crippen molar-refractivity contribution >= 4 is 28.2 Å². The van der Waals surface area contributed by atoms with E-state index in [2.05, 4.69) is 0 Å². The van der Waals surface area contributed by atoms with Gasteiger partial charge in [-0.25, -0.2) is 0 Å². The molecule has 0 spiro atoms. The molecule has 1 aliphatic heterocycles. The zero-order valence-electron chi connectivity index (χ0n) is 18.5. The molecule has 0 N–H and O–H groups in total. The molecule has 1 aliphatic rings. The molecule has 5 nitrogen and oxygen atoms in total. The van der Waals surface area contributed by atoms with Crippen molar-refractivity contribution in [3.8, 4) is 11.3 Å². The number of rotatable bonds is 6. The fourth-order valence-electron chi connectivity index (χ4n) is 4.36. The first kappa shape index (κ1) is 21.6. The van der Waals surface area contributed by atoms with Crippen molar-refractivity contribution in [3.05, 3.63) is 92.3 Å². The summed E-state index contributed by atoms with van der Waals surface area (Å²) in [5.41, 5.74) is 1.96. The van der Waals surface area contributed by atoms with Gasteiger partial charge in [-0.05, 0) is 43.3 Å². The number of ether oxygens (including phenoxy) is 1. The largest absolute Gasteiger partial charge is 0.455 e. The Bertz CT molecular complexity index is 1320. The summed E-state index contributed by atoms with van der Waals surface area (Å²) in [6.07, 6.45) is 1.98. The van der Waals surface area contributed by atoms with Gasteiger partial charge in [0.2, 0.25) is 0 Å². The van der Waals surface area contributed by atoms with E-state index < -0.39 is 0 Å². The SMILES string of the molecule is Cc1c(-c2ccccc2)oc2c(C(=O)N(Cc3cccs3)CC3CCCO3)cccc2c1=O. The van der Waals surface area contributed by atoms with Crippen molar-refractivity contribution in [1.29, 1.82) is 0 Å². The van der Waals surface area contributed by atoms with Crippen LogP contribution in [0.5, 0.6) is 0 Å². The molecule has 33 heavy (non-hydrogen) atoms. The average Bonchev–Trinajstić information content (AvgIpc) is 3.55. The molecular weight excluding hydrogens is 434 g/mol. The molecule has 1 unspecified atom stereocenters. The fourth-order valence-corrected chi connectivity index (χ4v) is 5.08. The van der Waals surface area contributed by atoms with Gasteiger partial charge in [-0.15, -0.1) is 11.3 Å². The molecule has 5 rings (SSSR count). The summed E-state index contributed by atoms with van der Waals surface area (Å²) in [7, 11) is 0. The van der Waals surface area contributed by atoms with Gasteiger partial charge in [-0.1, -0.05) is 42.5 Å². The summed E-state index contributed by atoms with van der Waals surface area (Å²) >= 11 is 1.62. The van der Waals surface area contributed by atoms with Gasteiger partial charge >= 0.3 is 0 Å². The molecule has 0 aliphatic carbocycles. The second-order valence-electron chi connectivity index (χ2n) is 8.33. The second-order valence-corrected chi connectivity index (χ2v) is 9.37. The molecule has 3 heterocycles. The highest BCUT2D eigenvalue weighted by molar-refractivity contribution is 7.09. The lowest BCUT2D eigenvalue weighted by molar-refractivity contribution is 0.0510. The van der Waals surface area contributed by atoms with E-state index in [0.29, 0.717) is 40.9 Å². The Morgan fingerprint density at radius 3 is 2.67 bits per heavy atom. The highest BCUT2D eigenvalue weighted by Crippen LogP contribution is 2.28. The first-order valence-corrected chi connectivity index (χ1v) is 12.0. The number of hydrogen-bond donors (Lipinski definition) is 0. The lowest BCUT2D eigenvalue weighted by atomic mass is 10.0. The van der Waals surface area contributed by atoms with Crippen LogP contribution in [0.4, 0.5) is 0 Å². The zero-order chi connectivity index (χ0) is 22.8. The number of amides is 1. The van der Waals surface area contributed by atoms with E-state index in [1.165, 1.54) is 0 Å². The van der Waals surface area contributed by atoms with E-state index in [4.69, 9.17) is 9.15 Å². The van der Waals surface area contributed by atoms with Crippen LogP contribution in [0.3, 0.4) is 0 Å². The third kappa shape index (κ3) is 4.36. The van der Waals surface area contributed by atoms with Crippen LogP contribution in [0, 0.1) is 6.92 Å². The Morgan fingerprint density at radius 1 is 1.09 bits per heavy atom. The van der Waals surface area contributed by atoms with Crippen molar-refractivity contribution < 1.29 is 13.9 Å². The number of thiophene rings is 1. The predicted molar refractivity (Wildman–Crippen MR) is 131 cm³/mol. The molecule has 0 bridgehead atoms. The summed E-state index contributed by atoms with van der Waals surface area (Å²) in [6, 6.07) is 18.8. The molecule has 0 radical (unpaired) electrons. The average molecular weight is 460 g/mol. The van der Waals surface area contributed by atoms with Gasteiger partial charge in [0.15, 0.2) is 11.0 Å². The maximum atomic E-state index is 13.8. The summed E-state index contributed by atoms with van der Waals surface area (Å²) in [5, 5.41) is 2.43. The van der Waals surface area contributed by atoms with E-state index in [9.17, 15) is 9.59 Å². The standard InChI is InChI=1S/C27H25NO4S/c1-18-24(29)22-12-5-13-23(26(22)32-25(18)19-8-3-2-4-9-19)27(30)28(16-20-10-6-14-31-20)17-21-11-7-15-33-21/h2-5,7-9,11-13,15,20H,6,10,14,16-17H2,1H3.